The Morgan fingerprint density at radius 2 is 1.88 bits per heavy atom. The first kappa shape index (κ1) is 12.9. The second-order valence-electron chi connectivity index (χ2n) is 4.99. The molecule has 0 amide bonds. The molecule has 2 N–H and O–H groups in total. The van der Waals surface area contributed by atoms with Gasteiger partial charge in [-0.25, -0.2) is 0 Å². The molecular weight excluding hydrogens is 278 g/mol. The highest BCUT2D eigenvalue weighted by Gasteiger charge is 2.34. The van der Waals surface area contributed by atoms with Crippen LogP contribution in [0.25, 0.3) is 0 Å². The maximum absolute atomic E-state index is 6.62. The molecule has 0 heterocycles. The molecule has 0 radical (unpaired) electrons. The summed E-state index contributed by atoms with van der Waals surface area (Å²) in [5.41, 5.74) is 8.70. The Morgan fingerprint density at radius 1 is 1.24 bits per heavy atom. The van der Waals surface area contributed by atoms with Crippen LogP contribution in [0.15, 0.2) is 16.6 Å². The van der Waals surface area contributed by atoms with Gasteiger partial charge in [0.15, 0.2) is 0 Å². The summed E-state index contributed by atoms with van der Waals surface area (Å²) in [6.07, 6.45) is 5.81. The molecule has 3 heteroatoms. The van der Waals surface area contributed by atoms with Crippen LogP contribution in [0.4, 0.5) is 0 Å². The lowest BCUT2D eigenvalue weighted by Crippen LogP contribution is -2.39. The van der Waals surface area contributed by atoms with Crippen molar-refractivity contribution in [2.45, 2.75) is 44.6 Å². The fourth-order valence-electron chi connectivity index (χ4n) is 2.82. The van der Waals surface area contributed by atoms with Crippen LogP contribution < -0.4 is 10.5 Å². The summed E-state index contributed by atoms with van der Waals surface area (Å²) < 4.78 is 6.64. The van der Waals surface area contributed by atoms with Gasteiger partial charge in [-0.2, -0.15) is 0 Å². The highest BCUT2D eigenvalue weighted by molar-refractivity contribution is 9.10. The van der Waals surface area contributed by atoms with Crippen molar-refractivity contribution in [1.29, 1.82) is 0 Å². The molecule has 0 bridgehead atoms. The predicted octanol–water partition coefficient (Wildman–Crippen LogP) is 3.88. The third-order valence-electron chi connectivity index (χ3n) is 3.75. The van der Waals surface area contributed by atoms with E-state index >= 15 is 0 Å². The first-order chi connectivity index (χ1) is 8.08. The van der Waals surface area contributed by atoms with Crippen molar-refractivity contribution in [3.05, 3.63) is 27.7 Å². The first-order valence-corrected chi connectivity index (χ1v) is 7.00. The molecule has 2 nitrogen and oxygen atoms in total. The van der Waals surface area contributed by atoms with Crippen molar-refractivity contribution >= 4 is 15.9 Å². The first-order valence-electron chi connectivity index (χ1n) is 6.21. The van der Waals surface area contributed by atoms with Crippen LogP contribution in [0.1, 0.15) is 43.2 Å². The van der Waals surface area contributed by atoms with E-state index in [4.69, 9.17) is 10.5 Å². The van der Waals surface area contributed by atoms with Gasteiger partial charge in [-0.1, -0.05) is 41.3 Å². The Kier molecular flexibility index (Phi) is 3.79. The molecule has 0 spiro atoms. The third kappa shape index (κ3) is 2.36. The van der Waals surface area contributed by atoms with Gasteiger partial charge in [-0.3, -0.25) is 0 Å². The molecule has 0 aliphatic heterocycles. The van der Waals surface area contributed by atoms with Crippen molar-refractivity contribution < 1.29 is 4.74 Å². The minimum Gasteiger partial charge on any atom is -0.496 e. The Balaban J connectivity index is 2.52. The highest BCUT2D eigenvalue weighted by Crippen LogP contribution is 2.44. The van der Waals surface area contributed by atoms with E-state index in [2.05, 4.69) is 35.0 Å². The molecule has 1 fully saturated rings. The molecule has 0 saturated heterocycles. The van der Waals surface area contributed by atoms with Gasteiger partial charge in [0.05, 0.1) is 7.11 Å². The molecule has 0 atom stereocenters. The average molecular weight is 298 g/mol. The molecule has 2 rings (SSSR count). The van der Waals surface area contributed by atoms with Crippen molar-refractivity contribution in [1.82, 2.24) is 0 Å². The van der Waals surface area contributed by atoms with E-state index in [9.17, 15) is 0 Å². The van der Waals surface area contributed by atoms with Gasteiger partial charge in [0.2, 0.25) is 0 Å². The molecule has 1 aromatic rings. The maximum atomic E-state index is 6.62. The van der Waals surface area contributed by atoms with Crippen molar-refractivity contribution in [2.75, 3.05) is 7.11 Å². The molecule has 94 valence electrons. The SMILES string of the molecule is COc1c(C)ccc(Br)c1C1(N)CCCCC1. The molecule has 17 heavy (non-hydrogen) atoms. The Morgan fingerprint density at radius 3 is 2.47 bits per heavy atom. The number of methoxy groups -OCH3 is 1. The van der Waals surface area contributed by atoms with Crippen LogP contribution in [0.3, 0.4) is 0 Å². The van der Waals surface area contributed by atoms with Crippen LogP contribution in [-0.4, -0.2) is 7.11 Å². The van der Waals surface area contributed by atoms with Crippen LogP contribution >= 0.6 is 15.9 Å². The number of benzene rings is 1. The molecule has 1 aliphatic carbocycles. The predicted molar refractivity (Wildman–Crippen MR) is 74.4 cm³/mol. The van der Waals surface area contributed by atoms with Crippen LogP contribution in [-0.2, 0) is 5.54 Å². The lowest BCUT2D eigenvalue weighted by Gasteiger charge is -2.36. The summed E-state index contributed by atoms with van der Waals surface area (Å²) in [4.78, 5) is 0. The van der Waals surface area contributed by atoms with Crippen LogP contribution in [0.2, 0.25) is 0 Å². The molecular formula is C14H20BrNO. The van der Waals surface area contributed by atoms with Gasteiger partial charge >= 0.3 is 0 Å². The topological polar surface area (TPSA) is 35.2 Å². The number of ether oxygens (including phenoxy) is 1. The summed E-state index contributed by atoms with van der Waals surface area (Å²) >= 11 is 3.63. The molecule has 1 aliphatic rings. The number of aryl methyl sites for hydroxylation is 1. The molecule has 1 aromatic carbocycles. The summed E-state index contributed by atoms with van der Waals surface area (Å²) in [5.74, 6) is 0.948. The zero-order valence-corrected chi connectivity index (χ0v) is 12.1. The zero-order valence-electron chi connectivity index (χ0n) is 10.6. The Labute approximate surface area is 112 Å². The zero-order chi connectivity index (χ0) is 12.5. The van der Waals surface area contributed by atoms with Crippen molar-refractivity contribution in [2.24, 2.45) is 5.73 Å². The third-order valence-corrected chi connectivity index (χ3v) is 4.41. The fraction of sp³-hybridized carbons (Fsp3) is 0.571. The van der Waals surface area contributed by atoms with Gasteiger partial charge in [0.25, 0.3) is 0 Å². The quantitative estimate of drug-likeness (QED) is 0.899. The average Bonchev–Trinajstić information content (AvgIpc) is 2.32. The van der Waals surface area contributed by atoms with Crippen LogP contribution in [0.5, 0.6) is 5.75 Å². The van der Waals surface area contributed by atoms with Crippen molar-refractivity contribution in [3.8, 4) is 5.75 Å². The van der Waals surface area contributed by atoms with Gasteiger partial charge < -0.3 is 10.5 Å². The van der Waals surface area contributed by atoms with Gasteiger partial charge in [0, 0.05) is 15.6 Å². The van der Waals surface area contributed by atoms with Gasteiger partial charge in [-0.05, 0) is 31.4 Å². The van der Waals surface area contributed by atoms with E-state index in [0.29, 0.717) is 0 Å². The highest BCUT2D eigenvalue weighted by atomic mass is 79.9. The Bertz CT molecular complexity index is 411. The monoisotopic (exact) mass is 297 g/mol. The smallest absolute Gasteiger partial charge is 0.127 e. The van der Waals surface area contributed by atoms with Crippen LogP contribution in [0, 0.1) is 6.92 Å². The normalized spacial score (nSPS) is 19.1. The largest absolute Gasteiger partial charge is 0.496 e. The Hall–Kier alpha value is -0.540. The second-order valence-corrected chi connectivity index (χ2v) is 5.84. The fourth-order valence-corrected chi connectivity index (χ4v) is 3.53. The van der Waals surface area contributed by atoms with E-state index in [0.717, 1.165) is 34.2 Å². The van der Waals surface area contributed by atoms with E-state index in [1.54, 1.807) is 7.11 Å². The molecule has 0 aromatic heterocycles. The van der Waals surface area contributed by atoms with Gasteiger partial charge in [0.1, 0.15) is 5.75 Å². The van der Waals surface area contributed by atoms with Crippen molar-refractivity contribution in [3.63, 3.8) is 0 Å². The number of rotatable bonds is 2. The summed E-state index contributed by atoms with van der Waals surface area (Å²) in [6.45, 7) is 2.07. The van der Waals surface area contributed by atoms with E-state index in [1.807, 2.05) is 0 Å². The van der Waals surface area contributed by atoms with E-state index in [-0.39, 0.29) is 5.54 Å². The summed E-state index contributed by atoms with van der Waals surface area (Å²) in [7, 11) is 1.73. The number of nitrogens with two attached hydrogens (primary N) is 1. The minimum atomic E-state index is -0.228. The maximum Gasteiger partial charge on any atom is 0.127 e. The molecule has 0 unspecified atom stereocenters. The number of halogens is 1. The lowest BCUT2D eigenvalue weighted by molar-refractivity contribution is 0.287. The number of hydrogen-bond donors (Lipinski definition) is 1. The lowest BCUT2D eigenvalue weighted by atomic mass is 9.76. The second kappa shape index (κ2) is 4.99. The standard InChI is InChI=1S/C14H20BrNO/c1-10-6-7-11(15)12(13(10)17-2)14(16)8-4-3-5-9-14/h6-7H,3-5,8-9,16H2,1-2H3. The minimum absolute atomic E-state index is 0.228. The molecule has 1 saturated carbocycles. The number of hydrogen-bond acceptors (Lipinski definition) is 2. The van der Waals surface area contributed by atoms with Gasteiger partial charge in [-0.15, -0.1) is 0 Å². The van der Waals surface area contributed by atoms with E-state index in [1.165, 1.54) is 19.3 Å². The summed E-state index contributed by atoms with van der Waals surface area (Å²) in [5, 5.41) is 0. The summed E-state index contributed by atoms with van der Waals surface area (Å²) in [6, 6.07) is 4.15. The van der Waals surface area contributed by atoms with E-state index < -0.39 is 0 Å².